The van der Waals surface area contributed by atoms with E-state index in [9.17, 15) is 0 Å². The molecular formula is C15H19NOS2. The molecule has 102 valence electrons. The minimum Gasteiger partial charge on any atom is -0.497 e. The van der Waals surface area contributed by atoms with Crippen LogP contribution in [-0.4, -0.2) is 26.0 Å². The smallest absolute Gasteiger partial charge is 0.119 e. The maximum absolute atomic E-state index is 5.21. The molecule has 0 aliphatic rings. The monoisotopic (exact) mass is 293 g/mol. The van der Waals surface area contributed by atoms with Gasteiger partial charge in [-0.2, -0.15) is 0 Å². The van der Waals surface area contributed by atoms with E-state index in [1.54, 1.807) is 7.11 Å². The lowest BCUT2D eigenvalue weighted by atomic mass is 10.3. The van der Waals surface area contributed by atoms with Gasteiger partial charge in [0.25, 0.3) is 0 Å². The second-order valence-corrected chi connectivity index (χ2v) is 6.31. The Kier molecular flexibility index (Phi) is 6.27. The molecular weight excluding hydrogens is 274 g/mol. The molecule has 1 N–H and O–H groups in total. The van der Waals surface area contributed by atoms with Crippen LogP contribution < -0.4 is 10.1 Å². The Balaban J connectivity index is 1.58. The van der Waals surface area contributed by atoms with Gasteiger partial charge in [0.05, 0.1) is 7.11 Å². The standard InChI is InChI=1S/C15H19NOS2/c1-17-13-4-2-5-15(12-13)19-11-9-16-8-7-14-6-3-10-18-14/h2-6,10,12,16H,7-9,11H2,1H3. The summed E-state index contributed by atoms with van der Waals surface area (Å²) in [6.45, 7) is 2.09. The van der Waals surface area contributed by atoms with Crippen molar-refractivity contribution in [1.82, 2.24) is 5.32 Å². The fourth-order valence-electron chi connectivity index (χ4n) is 1.72. The Labute approximate surface area is 123 Å². The molecule has 0 unspecified atom stereocenters. The third-order valence-electron chi connectivity index (χ3n) is 2.72. The van der Waals surface area contributed by atoms with Crippen molar-refractivity contribution in [2.24, 2.45) is 0 Å². The summed E-state index contributed by atoms with van der Waals surface area (Å²) in [6.07, 6.45) is 1.13. The predicted molar refractivity (Wildman–Crippen MR) is 84.6 cm³/mol. The number of nitrogens with one attached hydrogen (secondary N) is 1. The van der Waals surface area contributed by atoms with E-state index in [4.69, 9.17) is 4.74 Å². The molecule has 0 atom stereocenters. The first-order valence-corrected chi connectivity index (χ1v) is 8.25. The van der Waals surface area contributed by atoms with Crippen molar-refractivity contribution in [2.75, 3.05) is 26.0 Å². The van der Waals surface area contributed by atoms with E-state index in [1.807, 2.05) is 35.2 Å². The normalized spacial score (nSPS) is 10.6. The second kappa shape index (κ2) is 8.25. The zero-order valence-electron chi connectivity index (χ0n) is 11.1. The van der Waals surface area contributed by atoms with Gasteiger partial charge in [-0.3, -0.25) is 0 Å². The number of thiophene rings is 1. The molecule has 4 heteroatoms. The summed E-state index contributed by atoms with van der Waals surface area (Å²) >= 11 is 3.69. The van der Waals surface area contributed by atoms with Crippen molar-refractivity contribution in [3.8, 4) is 5.75 Å². The van der Waals surface area contributed by atoms with Crippen LogP contribution in [0, 0.1) is 0 Å². The van der Waals surface area contributed by atoms with Gasteiger partial charge in [-0.25, -0.2) is 0 Å². The van der Waals surface area contributed by atoms with Crippen LogP contribution in [0.15, 0.2) is 46.7 Å². The van der Waals surface area contributed by atoms with Crippen LogP contribution in [0.4, 0.5) is 0 Å². The first kappa shape index (κ1) is 14.4. The molecule has 0 saturated carbocycles. The number of ether oxygens (including phenoxy) is 1. The number of benzene rings is 1. The summed E-state index contributed by atoms with van der Waals surface area (Å²) in [7, 11) is 1.70. The zero-order valence-corrected chi connectivity index (χ0v) is 12.7. The molecule has 0 radical (unpaired) electrons. The topological polar surface area (TPSA) is 21.3 Å². The first-order valence-electron chi connectivity index (χ1n) is 6.38. The van der Waals surface area contributed by atoms with Crippen molar-refractivity contribution < 1.29 is 4.74 Å². The molecule has 1 aromatic carbocycles. The quantitative estimate of drug-likeness (QED) is 0.592. The Hall–Kier alpha value is -0.970. The minimum absolute atomic E-state index is 0.927. The highest BCUT2D eigenvalue weighted by Crippen LogP contribution is 2.22. The third kappa shape index (κ3) is 5.27. The zero-order chi connectivity index (χ0) is 13.3. The van der Waals surface area contributed by atoms with E-state index in [0.717, 1.165) is 31.0 Å². The van der Waals surface area contributed by atoms with Crippen LogP contribution in [0.3, 0.4) is 0 Å². The lowest BCUT2D eigenvalue weighted by molar-refractivity contribution is 0.413. The SMILES string of the molecule is COc1cccc(SCCNCCc2cccs2)c1. The summed E-state index contributed by atoms with van der Waals surface area (Å²) in [6, 6.07) is 12.5. The molecule has 0 saturated heterocycles. The van der Waals surface area contributed by atoms with Crippen LogP contribution in [0.1, 0.15) is 4.88 Å². The Bertz CT molecular complexity index is 471. The van der Waals surface area contributed by atoms with Crippen molar-refractivity contribution in [1.29, 1.82) is 0 Å². The van der Waals surface area contributed by atoms with E-state index in [1.165, 1.54) is 9.77 Å². The van der Waals surface area contributed by atoms with E-state index in [-0.39, 0.29) is 0 Å². The van der Waals surface area contributed by atoms with Crippen molar-refractivity contribution in [3.63, 3.8) is 0 Å². The Morgan fingerprint density at radius 2 is 2.16 bits per heavy atom. The van der Waals surface area contributed by atoms with E-state index in [2.05, 4.69) is 35.0 Å². The number of rotatable bonds is 8. The predicted octanol–water partition coefficient (Wildman–Crippen LogP) is 3.68. The molecule has 0 amide bonds. The maximum atomic E-state index is 5.21. The van der Waals surface area contributed by atoms with Gasteiger partial charge in [0.2, 0.25) is 0 Å². The Morgan fingerprint density at radius 1 is 1.21 bits per heavy atom. The largest absolute Gasteiger partial charge is 0.497 e. The molecule has 1 heterocycles. The van der Waals surface area contributed by atoms with Crippen LogP contribution >= 0.6 is 23.1 Å². The van der Waals surface area contributed by atoms with Crippen LogP contribution in [0.5, 0.6) is 5.75 Å². The van der Waals surface area contributed by atoms with Crippen LogP contribution in [-0.2, 0) is 6.42 Å². The summed E-state index contributed by atoms with van der Waals surface area (Å²) in [5, 5.41) is 5.61. The number of hydrogen-bond acceptors (Lipinski definition) is 4. The molecule has 19 heavy (non-hydrogen) atoms. The molecule has 0 spiro atoms. The highest BCUT2D eigenvalue weighted by atomic mass is 32.2. The van der Waals surface area contributed by atoms with Gasteiger partial charge in [0, 0.05) is 22.1 Å². The van der Waals surface area contributed by atoms with Gasteiger partial charge in [-0.15, -0.1) is 23.1 Å². The summed E-state index contributed by atoms with van der Waals surface area (Å²) in [5.41, 5.74) is 0. The fourth-order valence-corrected chi connectivity index (χ4v) is 3.29. The molecule has 2 aromatic rings. The number of methoxy groups -OCH3 is 1. The van der Waals surface area contributed by atoms with Gasteiger partial charge in [0.1, 0.15) is 5.75 Å². The van der Waals surface area contributed by atoms with Crippen molar-refractivity contribution in [2.45, 2.75) is 11.3 Å². The number of thioether (sulfide) groups is 1. The second-order valence-electron chi connectivity index (χ2n) is 4.11. The van der Waals surface area contributed by atoms with E-state index >= 15 is 0 Å². The highest BCUT2D eigenvalue weighted by Gasteiger charge is 1.97. The molecule has 1 aromatic heterocycles. The molecule has 0 fully saturated rings. The lowest BCUT2D eigenvalue weighted by Crippen LogP contribution is -2.19. The summed E-state index contributed by atoms with van der Waals surface area (Å²) < 4.78 is 5.21. The van der Waals surface area contributed by atoms with E-state index < -0.39 is 0 Å². The molecule has 0 aliphatic carbocycles. The van der Waals surface area contributed by atoms with Crippen LogP contribution in [0.2, 0.25) is 0 Å². The average molecular weight is 293 g/mol. The van der Waals surface area contributed by atoms with Gasteiger partial charge in [-0.05, 0) is 42.6 Å². The van der Waals surface area contributed by atoms with E-state index in [0.29, 0.717) is 0 Å². The number of hydrogen-bond donors (Lipinski definition) is 1. The van der Waals surface area contributed by atoms with Crippen LogP contribution in [0.25, 0.3) is 0 Å². The van der Waals surface area contributed by atoms with Gasteiger partial charge >= 0.3 is 0 Å². The molecule has 0 aliphatic heterocycles. The summed E-state index contributed by atoms with van der Waals surface area (Å²) in [4.78, 5) is 2.72. The van der Waals surface area contributed by atoms with Gasteiger partial charge in [-0.1, -0.05) is 12.1 Å². The Morgan fingerprint density at radius 3 is 2.95 bits per heavy atom. The van der Waals surface area contributed by atoms with Crippen molar-refractivity contribution in [3.05, 3.63) is 46.7 Å². The lowest BCUT2D eigenvalue weighted by Gasteiger charge is -2.05. The summed E-state index contributed by atoms with van der Waals surface area (Å²) in [5.74, 6) is 2.01. The third-order valence-corrected chi connectivity index (χ3v) is 4.65. The highest BCUT2D eigenvalue weighted by molar-refractivity contribution is 7.99. The molecule has 2 nitrogen and oxygen atoms in total. The fraction of sp³-hybridized carbons (Fsp3) is 0.333. The van der Waals surface area contributed by atoms with Crippen molar-refractivity contribution >= 4 is 23.1 Å². The van der Waals surface area contributed by atoms with Gasteiger partial charge in [0.15, 0.2) is 0 Å². The first-order chi connectivity index (χ1) is 9.38. The maximum Gasteiger partial charge on any atom is 0.119 e. The molecule has 0 bridgehead atoms. The average Bonchev–Trinajstić information content (AvgIpc) is 2.96. The molecule has 2 rings (SSSR count). The minimum atomic E-state index is 0.927. The van der Waals surface area contributed by atoms with Gasteiger partial charge < -0.3 is 10.1 Å².